The van der Waals surface area contributed by atoms with E-state index in [2.05, 4.69) is 6.58 Å². The van der Waals surface area contributed by atoms with E-state index in [1.54, 1.807) is 6.08 Å². The topological polar surface area (TPSA) is 112 Å². The molecule has 0 aliphatic carbocycles. The van der Waals surface area contributed by atoms with Crippen molar-refractivity contribution in [2.75, 3.05) is 5.73 Å². The van der Waals surface area contributed by atoms with Gasteiger partial charge in [-0.05, 0) is 18.1 Å². The maximum absolute atomic E-state index is 11.2. The van der Waals surface area contributed by atoms with Crippen LogP contribution in [-0.2, 0) is 16.7 Å². The van der Waals surface area contributed by atoms with Crippen LogP contribution in [0.5, 0.6) is 5.75 Å². The number of amides is 1. The molecule has 0 saturated heterocycles. The Balaban J connectivity index is 3.32. The highest BCUT2D eigenvalue weighted by Gasteiger charge is 2.13. The number of nitrogens with two attached hydrogens (primary N) is 2. The summed E-state index contributed by atoms with van der Waals surface area (Å²) < 4.78 is 25.6. The standard InChI is InChI=1S/C11H12N2O4S/c1-2-3-7-4-8(11(13)14)10(5-9(7)12)17-6-18(15)16/h2,4-6H,1,3,12H2,(H2,13,14). The summed E-state index contributed by atoms with van der Waals surface area (Å²) in [7, 11) is -2.51. The number of hydrogen-bond acceptors (Lipinski definition) is 5. The van der Waals surface area contributed by atoms with E-state index in [-0.39, 0.29) is 11.3 Å². The predicted octanol–water partition coefficient (Wildman–Crippen LogP) is 0.114. The molecule has 18 heavy (non-hydrogen) atoms. The molecular formula is C11H12N2O4S. The summed E-state index contributed by atoms with van der Waals surface area (Å²) in [5.74, 6) is -0.739. The molecule has 1 rings (SSSR count). The smallest absolute Gasteiger partial charge is 0.252 e. The molecule has 1 amide bonds. The van der Waals surface area contributed by atoms with Gasteiger partial charge in [-0.3, -0.25) is 4.79 Å². The van der Waals surface area contributed by atoms with Crippen molar-refractivity contribution in [3.8, 4) is 5.75 Å². The largest absolute Gasteiger partial charge is 0.448 e. The molecule has 4 N–H and O–H groups in total. The Hall–Kier alpha value is -2.28. The fourth-order valence-electron chi connectivity index (χ4n) is 1.35. The molecule has 1 aromatic carbocycles. The Morgan fingerprint density at radius 3 is 2.61 bits per heavy atom. The molecule has 1 aromatic rings. The van der Waals surface area contributed by atoms with Crippen molar-refractivity contribution in [2.24, 2.45) is 5.73 Å². The number of carbonyl (C=O) groups is 1. The first-order valence-electron chi connectivity index (χ1n) is 4.87. The van der Waals surface area contributed by atoms with Crippen molar-refractivity contribution in [3.63, 3.8) is 0 Å². The second-order valence-electron chi connectivity index (χ2n) is 3.38. The number of anilines is 1. The Morgan fingerprint density at radius 1 is 1.44 bits per heavy atom. The Labute approximate surface area is 105 Å². The third-order valence-electron chi connectivity index (χ3n) is 2.12. The first kappa shape index (κ1) is 13.8. The lowest BCUT2D eigenvalue weighted by Crippen LogP contribution is -2.14. The van der Waals surface area contributed by atoms with Crippen molar-refractivity contribution in [3.05, 3.63) is 35.9 Å². The predicted molar refractivity (Wildman–Crippen MR) is 68.9 cm³/mol. The summed E-state index contributed by atoms with van der Waals surface area (Å²) in [5, 5.41) is 0. The monoisotopic (exact) mass is 268 g/mol. The third-order valence-corrected chi connectivity index (χ3v) is 2.38. The Bertz CT molecular complexity index is 612. The van der Waals surface area contributed by atoms with E-state index in [4.69, 9.17) is 16.2 Å². The zero-order valence-corrected chi connectivity index (χ0v) is 10.2. The highest BCUT2D eigenvalue weighted by atomic mass is 32.2. The van der Waals surface area contributed by atoms with Crippen LogP contribution < -0.4 is 16.2 Å². The first-order valence-corrected chi connectivity index (χ1v) is 6.00. The summed E-state index contributed by atoms with van der Waals surface area (Å²) in [6, 6.07) is 2.80. The fourth-order valence-corrected chi connectivity index (χ4v) is 1.54. The van der Waals surface area contributed by atoms with Crippen LogP contribution in [0.1, 0.15) is 15.9 Å². The van der Waals surface area contributed by atoms with Gasteiger partial charge in [0.1, 0.15) is 5.75 Å². The number of benzene rings is 1. The van der Waals surface area contributed by atoms with Gasteiger partial charge in [0, 0.05) is 11.8 Å². The van der Waals surface area contributed by atoms with E-state index >= 15 is 0 Å². The maximum atomic E-state index is 11.2. The van der Waals surface area contributed by atoms with Gasteiger partial charge in [0.25, 0.3) is 5.91 Å². The SMILES string of the molecule is C=CCc1cc(C(N)=O)c(OC=S(=O)=O)cc1N. The van der Waals surface area contributed by atoms with Crippen molar-refractivity contribution in [2.45, 2.75) is 6.42 Å². The van der Waals surface area contributed by atoms with Gasteiger partial charge < -0.3 is 16.2 Å². The number of ether oxygens (including phenoxy) is 1. The second-order valence-corrected chi connectivity index (χ2v) is 4.09. The molecule has 0 atom stereocenters. The van der Waals surface area contributed by atoms with Gasteiger partial charge in [0.05, 0.1) is 5.56 Å². The Kier molecular flexibility index (Phi) is 4.50. The lowest BCUT2D eigenvalue weighted by molar-refractivity contribution is 0.0998. The molecule has 0 saturated carbocycles. The molecular weight excluding hydrogens is 256 g/mol. The molecule has 0 fully saturated rings. The van der Waals surface area contributed by atoms with Crippen LogP contribution in [0, 0.1) is 0 Å². The quantitative estimate of drug-likeness (QED) is 0.447. The minimum absolute atomic E-state index is 0.00277. The fraction of sp³-hybridized carbons (Fsp3) is 0.0909. The summed E-state index contributed by atoms with van der Waals surface area (Å²) in [4.78, 5) is 11.2. The average molecular weight is 268 g/mol. The van der Waals surface area contributed by atoms with Gasteiger partial charge in [-0.1, -0.05) is 6.08 Å². The lowest BCUT2D eigenvalue weighted by atomic mass is 10.0. The van der Waals surface area contributed by atoms with E-state index in [9.17, 15) is 13.2 Å². The highest BCUT2D eigenvalue weighted by Crippen LogP contribution is 2.25. The van der Waals surface area contributed by atoms with Crippen LogP contribution in [0.15, 0.2) is 24.8 Å². The molecule has 0 bridgehead atoms. The molecule has 0 spiro atoms. The molecule has 6 nitrogen and oxygen atoms in total. The van der Waals surface area contributed by atoms with Gasteiger partial charge in [-0.25, -0.2) is 0 Å². The van der Waals surface area contributed by atoms with Crippen LogP contribution in [0.25, 0.3) is 0 Å². The number of carbonyl (C=O) groups excluding carboxylic acids is 1. The van der Waals surface area contributed by atoms with Crippen LogP contribution in [-0.4, -0.2) is 19.9 Å². The van der Waals surface area contributed by atoms with E-state index < -0.39 is 16.2 Å². The van der Waals surface area contributed by atoms with Crippen LogP contribution in [0.3, 0.4) is 0 Å². The van der Waals surface area contributed by atoms with Gasteiger partial charge in [-0.2, -0.15) is 8.42 Å². The van der Waals surface area contributed by atoms with Gasteiger partial charge in [0.15, 0.2) is 0 Å². The number of rotatable bonds is 5. The summed E-state index contributed by atoms with van der Waals surface area (Å²) in [5.41, 5.74) is 12.5. The number of allylic oxidation sites excluding steroid dienone is 1. The molecule has 0 aliphatic rings. The molecule has 0 unspecified atom stereocenters. The molecule has 0 radical (unpaired) electrons. The van der Waals surface area contributed by atoms with Crippen molar-refractivity contribution in [1.29, 1.82) is 0 Å². The molecule has 0 aromatic heterocycles. The van der Waals surface area contributed by atoms with Crippen LogP contribution >= 0.6 is 0 Å². The van der Waals surface area contributed by atoms with E-state index in [1.807, 2.05) is 0 Å². The molecule has 7 heteroatoms. The van der Waals surface area contributed by atoms with Crippen LogP contribution in [0.4, 0.5) is 5.69 Å². The van der Waals surface area contributed by atoms with E-state index in [1.165, 1.54) is 12.1 Å². The first-order chi connectivity index (χ1) is 8.45. The minimum Gasteiger partial charge on any atom is -0.448 e. The zero-order chi connectivity index (χ0) is 13.7. The summed E-state index contributed by atoms with van der Waals surface area (Å²) in [6.07, 6.45) is 2.08. The second kappa shape index (κ2) is 5.87. The summed E-state index contributed by atoms with van der Waals surface area (Å²) >= 11 is 0. The highest BCUT2D eigenvalue weighted by molar-refractivity contribution is 7.71. The molecule has 0 aliphatic heterocycles. The Morgan fingerprint density at radius 2 is 2.11 bits per heavy atom. The van der Waals surface area contributed by atoms with Crippen molar-refractivity contribution < 1.29 is 17.9 Å². The average Bonchev–Trinajstić information content (AvgIpc) is 2.29. The van der Waals surface area contributed by atoms with E-state index in [0.717, 1.165) is 0 Å². The normalized spacial score (nSPS) is 9.56. The lowest BCUT2D eigenvalue weighted by Gasteiger charge is -2.09. The molecule has 96 valence electrons. The van der Waals surface area contributed by atoms with Gasteiger partial charge >= 0.3 is 0 Å². The van der Waals surface area contributed by atoms with Crippen molar-refractivity contribution in [1.82, 2.24) is 0 Å². The van der Waals surface area contributed by atoms with Gasteiger partial charge in [-0.15, -0.1) is 6.58 Å². The number of nitrogen functional groups attached to an aromatic ring is 1. The van der Waals surface area contributed by atoms with E-state index in [0.29, 0.717) is 23.2 Å². The molecule has 0 heterocycles. The zero-order valence-electron chi connectivity index (χ0n) is 9.42. The number of hydrogen-bond donors (Lipinski definition) is 2. The minimum atomic E-state index is -2.51. The van der Waals surface area contributed by atoms with Gasteiger partial charge in [0.2, 0.25) is 15.8 Å². The number of primary amides is 1. The maximum Gasteiger partial charge on any atom is 0.252 e. The van der Waals surface area contributed by atoms with Crippen LogP contribution in [0.2, 0.25) is 0 Å². The third kappa shape index (κ3) is 3.36. The summed E-state index contributed by atoms with van der Waals surface area (Å²) in [6.45, 7) is 3.56. The van der Waals surface area contributed by atoms with Crippen molar-refractivity contribution >= 4 is 27.4 Å².